The molecule has 0 aliphatic carbocycles. The Hall–Kier alpha value is -2.08. The van der Waals surface area contributed by atoms with E-state index in [4.69, 9.17) is 11.6 Å². The third kappa shape index (κ3) is 2.86. The normalized spacial score (nSPS) is 17.5. The molecule has 0 saturated heterocycles. The summed E-state index contributed by atoms with van der Waals surface area (Å²) in [6, 6.07) is 8.00. The van der Waals surface area contributed by atoms with Crippen LogP contribution >= 0.6 is 11.6 Å². The smallest absolute Gasteiger partial charge is 0.308 e. The van der Waals surface area contributed by atoms with Crippen LogP contribution in [0.25, 0.3) is 0 Å². The van der Waals surface area contributed by atoms with Crippen molar-refractivity contribution in [3.63, 3.8) is 0 Å². The Balaban J connectivity index is 2.11. The zero-order chi connectivity index (χ0) is 17.5. The average molecular weight is 355 g/mol. The van der Waals surface area contributed by atoms with Crippen molar-refractivity contribution < 1.29 is 18.0 Å². The molecule has 126 valence electrons. The largest absolute Gasteiger partial charge is 0.417 e. The fourth-order valence-corrected chi connectivity index (χ4v) is 3.21. The first kappa shape index (κ1) is 16.8. The number of aromatic nitrogens is 1. The number of para-hydroxylation sites is 1. The number of pyridine rings is 1. The van der Waals surface area contributed by atoms with Crippen LogP contribution in [-0.2, 0) is 6.18 Å². The maximum Gasteiger partial charge on any atom is 0.417 e. The van der Waals surface area contributed by atoms with Crippen molar-refractivity contribution in [1.82, 2.24) is 4.98 Å². The minimum absolute atomic E-state index is 0.233. The molecule has 0 bridgehead atoms. The molecule has 0 radical (unpaired) electrons. The molecule has 3 rings (SSSR count). The van der Waals surface area contributed by atoms with Gasteiger partial charge < -0.3 is 4.90 Å². The van der Waals surface area contributed by atoms with E-state index in [1.54, 1.807) is 12.1 Å². The Morgan fingerprint density at radius 2 is 2.00 bits per heavy atom. The van der Waals surface area contributed by atoms with Crippen molar-refractivity contribution in [2.24, 2.45) is 0 Å². The minimum Gasteiger partial charge on any atom is -0.308 e. The molecule has 7 heteroatoms. The van der Waals surface area contributed by atoms with Crippen molar-refractivity contribution in [2.45, 2.75) is 25.4 Å². The molecule has 2 heterocycles. The van der Waals surface area contributed by atoms with E-state index < -0.39 is 28.4 Å². The highest BCUT2D eigenvalue weighted by atomic mass is 35.5. The number of carbonyl (C=O) groups is 1. The van der Waals surface area contributed by atoms with Gasteiger partial charge in [-0.3, -0.25) is 4.79 Å². The van der Waals surface area contributed by atoms with Gasteiger partial charge in [0, 0.05) is 18.4 Å². The van der Waals surface area contributed by atoms with Gasteiger partial charge in [-0.25, -0.2) is 4.98 Å². The van der Waals surface area contributed by atoms with Crippen molar-refractivity contribution in [3.05, 3.63) is 58.4 Å². The van der Waals surface area contributed by atoms with Crippen LogP contribution in [0.4, 0.5) is 18.9 Å². The fourth-order valence-electron chi connectivity index (χ4n) is 2.97. The molecule has 1 aromatic carbocycles. The molecule has 1 aliphatic heterocycles. The van der Waals surface area contributed by atoms with Gasteiger partial charge in [-0.2, -0.15) is 13.2 Å². The van der Waals surface area contributed by atoms with Gasteiger partial charge in [0.25, 0.3) is 5.91 Å². The molecule has 2 aromatic rings. The number of hydrogen-bond donors (Lipinski definition) is 0. The molecule has 0 saturated carbocycles. The highest BCUT2D eigenvalue weighted by molar-refractivity contribution is 6.33. The Labute approximate surface area is 142 Å². The molecule has 1 atom stereocenters. The lowest BCUT2D eigenvalue weighted by atomic mass is 9.91. The van der Waals surface area contributed by atoms with Gasteiger partial charge >= 0.3 is 6.18 Å². The fraction of sp³-hybridized carbons (Fsp3) is 0.294. The summed E-state index contributed by atoms with van der Waals surface area (Å²) >= 11 is 5.85. The van der Waals surface area contributed by atoms with Gasteiger partial charge in [-0.05, 0) is 30.0 Å². The van der Waals surface area contributed by atoms with Gasteiger partial charge in [0.15, 0.2) is 0 Å². The molecule has 3 nitrogen and oxygen atoms in total. The standard InChI is InChI=1S/C17H14ClF3N2O/c1-10-7-9-23(13-5-3-2-4-11(10)13)16(24)14-12(17(19,20)21)6-8-22-15(14)18/h2-6,8,10H,7,9H2,1H3/t10-/m1/s1. The number of amides is 1. The number of hydrogen-bond acceptors (Lipinski definition) is 2. The van der Waals surface area contributed by atoms with E-state index in [-0.39, 0.29) is 5.92 Å². The number of alkyl halides is 3. The predicted octanol–water partition coefficient (Wildman–Crippen LogP) is 4.91. The second-order valence-electron chi connectivity index (χ2n) is 5.73. The molecule has 24 heavy (non-hydrogen) atoms. The number of halogens is 4. The minimum atomic E-state index is -4.68. The average Bonchev–Trinajstić information content (AvgIpc) is 2.54. The van der Waals surface area contributed by atoms with Crippen LogP contribution in [0.1, 0.15) is 40.7 Å². The zero-order valence-electron chi connectivity index (χ0n) is 12.8. The second-order valence-corrected chi connectivity index (χ2v) is 6.09. The SMILES string of the molecule is C[C@@H]1CCN(C(=O)c2c(C(F)(F)F)ccnc2Cl)c2ccccc21. The highest BCUT2D eigenvalue weighted by Gasteiger charge is 2.39. The van der Waals surface area contributed by atoms with Crippen LogP contribution in [0.3, 0.4) is 0 Å². The van der Waals surface area contributed by atoms with E-state index in [1.807, 2.05) is 19.1 Å². The first-order chi connectivity index (χ1) is 11.3. The summed E-state index contributed by atoms with van der Waals surface area (Å²) in [5, 5.41) is -0.439. The third-order valence-corrected chi connectivity index (χ3v) is 4.50. The Kier molecular flexibility index (Phi) is 4.25. The van der Waals surface area contributed by atoms with E-state index in [2.05, 4.69) is 4.98 Å². The molecule has 0 fully saturated rings. The van der Waals surface area contributed by atoms with Gasteiger partial charge in [-0.1, -0.05) is 36.7 Å². The van der Waals surface area contributed by atoms with Crippen LogP contribution in [0, 0.1) is 0 Å². The van der Waals surface area contributed by atoms with Gasteiger partial charge in [0.05, 0.1) is 11.1 Å². The number of anilines is 1. The molecule has 0 N–H and O–H groups in total. The van der Waals surface area contributed by atoms with E-state index in [1.165, 1.54) is 4.90 Å². The number of rotatable bonds is 1. The summed E-state index contributed by atoms with van der Waals surface area (Å²) in [7, 11) is 0. The van der Waals surface area contributed by atoms with Crippen molar-refractivity contribution in [1.29, 1.82) is 0 Å². The summed E-state index contributed by atoms with van der Waals surface area (Å²) in [6.45, 7) is 2.36. The topological polar surface area (TPSA) is 33.2 Å². The van der Waals surface area contributed by atoms with E-state index in [0.29, 0.717) is 18.7 Å². The Morgan fingerprint density at radius 3 is 2.71 bits per heavy atom. The first-order valence-corrected chi connectivity index (χ1v) is 7.81. The summed E-state index contributed by atoms with van der Waals surface area (Å²) in [6.07, 6.45) is -3.06. The maximum atomic E-state index is 13.3. The number of benzene rings is 1. The summed E-state index contributed by atoms with van der Waals surface area (Å²) in [5.41, 5.74) is -0.111. The molecular weight excluding hydrogens is 341 g/mol. The van der Waals surface area contributed by atoms with Gasteiger partial charge in [0.1, 0.15) is 5.15 Å². The summed E-state index contributed by atoms with van der Waals surface area (Å²) in [5.74, 6) is -0.545. The van der Waals surface area contributed by atoms with Crippen LogP contribution in [0.5, 0.6) is 0 Å². The number of nitrogens with zero attached hydrogens (tertiary/aromatic N) is 2. The first-order valence-electron chi connectivity index (χ1n) is 7.43. The van der Waals surface area contributed by atoms with Crippen LogP contribution in [0.2, 0.25) is 5.15 Å². The third-order valence-electron chi connectivity index (χ3n) is 4.21. The molecular formula is C17H14ClF3N2O. The lowest BCUT2D eigenvalue weighted by molar-refractivity contribution is -0.138. The second kappa shape index (κ2) is 6.09. The lowest BCUT2D eigenvalue weighted by Gasteiger charge is -2.33. The quantitative estimate of drug-likeness (QED) is 0.682. The zero-order valence-corrected chi connectivity index (χ0v) is 13.5. The number of carbonyl (C=O) groups excluding carboxylic acids is 1. The summed E-state index contributed by atoms with van der Waals surface area (Å²) in [4.78, 5) is 17.9. The van der Waals surface area contributed by atoms with Crippen molar-refractivity contribution in [2.75, 3.05) is 11.4 Å². The van der Waals surface area contributed by atoms with E-state index >= 15 is 0 Å². The van der Waals surface area contributed by atoms with Gasteiger partial charge in [-0.15, -0.1) is 0 Å². The Bertz CT molecular complexity index is 792. The maximum absolute atomic E-state index is 13.3. The van der Waals surface area contributed by atoms with Gasteiger partial charge in [0.2, 0.25) is 0 Å². The molecule has 0 unspecified atom stereocenters. The Morgan fingerprint density at radius 1 is 1.29 bits per heavy atom. The van der Waals surface area contributed by atoms with Crippen LogP contribution < -0.4 is 4.90 Å². The monoisotopic (exact) mass is 354 g/mol. The molecule has 0 spiro atoms. The van der Waals surface area contributed by atoms with E-state index in [0.717, 1.165) is 17.8 Å². The van der Waals surface area contributed by atoms with E-state index in [9.17, 15) is 18.0 Å². The molecule has 1 aliphatic rings. The predicted molar refractivity (Wildman–Crippen MR) is 85.4 cm³/mol. The lowest BCUT2D eigenvalue weighted by Crippen LogP contribution is -2.37. The number of fused-ring (bicyclic) bond motifs is 1. The molecule has 1 amide bonds. The van der Waals surface area contributed by atoms with Crippen molar-refractivity contribution in [3.8, 4) is 0 Å². The highest BCUT2D eigenvalue weighted by Crippen LogP contribution is 2.39. The summed E-state index contributed by atoms with van der Waals surface area (Å²) < 4.78 is 39.8. The molecule has 1 aromatic heterocycles. The van der Waals surface area contributed by atoms with Crippen LogP contribution in [-0.4, -0.2) is 17.4 Å². The van der Waals surface area contributed by atoms with Crippen LogP contribution in [0.15, 0.2) is 36.5 Å². The van der Waals surface area contributed by atoms with Crippen molar-refractivity contribution >= 4 is 23.2 Å².